The van der Waals surface area contributed by atoms with E-state index >= 15 is 0 Å². The molecule has 0 amide bonds. The topological polar surface area (TPSA) is 41.0 Å². The van der Waals surface area contributed by atoms with Crippen LogP contribution in [0.25, 0.3) is 10.8 Å². The van der Waals surface area contributed by atoms with Gasteiger partial charge in [0.05, 0.1) is 6.20 Å². The zero-order chi connectivity index (χ0) is 14.1. The zero-order valence-electron chi connectivity index (χ0n) is 12.3. The Bertz CT molecular complexity index is 610. The number of anilines is 1. The summed E-state index contributed by atoms with van der Waals surface area (Å²) < 4.78 is 0. The van der Waals surface area contributed by atoms with E-state index in [2.05, 4.69) is 44.7 Å². The normalized spacial score (nSPS) is 20.1. The summed E-state index contributed by atoms with van der Waals surface area (Å²) in [5, 5.41) is 14.7. The minimum Gasteiger partial charge on any atom is -0.354 e. The van der Waals surface area contributed by atoms with Crippen molar-refractivity contribution in [3.8, 4) is 0 Å². The average molecular weight is 282 g/mol. The van der Waals surface area contributed by atoms with Crippen LogP contribution < -0.4 is 10.2 Å². The Morgan fingerprint density at radius 3 is 2.71 bits per heavy atom. The van der Waals surface area contributed by atoms with E-state index in [0.717, 1.165) is 24.8 Å². The van der Waals surface area contributed by atoms with Crippen molar-refractivity contribution >= 4 is 16.6 Å². The van der Waals surface area contributed by atoms with E-state index in [1.807, 2.05) is 6.20 Å². The lowest BCUT2D eigenvalue weighted by Gasteiger charge is -2.33. The fourth-order valence-electron chi connectivity index (χ4n) is 3.20. The minimum absolute atomic E-state index is 0.685. The number of benzene rings is 1. The van der Waals surface area contributed by atoms with Crippen molar-refractivity contribution in [3.05, 3.63) is 30.5 Å². The predicted molar refractivity (Wildman–Crippen MR) is 85.5 cm³/mol. The Balaban J connectivity index is 1.44. The number of rotatable bonds is 4. The van der Waals surface area contributed by atoms with Crippen molar-refractivity contribution in [2.75, 3.05) is 24.5 Å². The molecule has 4 nitrogen and oxygen atoms in total. The first-order valence-electron chi connectivity index (χ1n) is 8.09. The van der Waals surface area contributed by atoms with Gasteiger partial charge >= 0.3 is 0 Å². The van der Waals surface area contributed by atoms with Gasteiger partial charge in [0.15, 0.2) is 5.82 Å². The third-order valence-electron chi connectivity index (χ3n) is 4.74. The summed E-state index contributed by atoms with van der Waals surface area (Å²) in [5.41, 5.74) is 0. The molecule has 1 aromatic heterocycles. The van der Waals surface area contributed by atoms with Gasteiger partial charge in [-0.3, -0.25) is 0 Å². The largest absolute Gasteiger partial charge is 0.354 e. The molecule has 2 heterocycles. The summed E-state index contributed by atoms with van der Waals surface area (Å²) in [6, 6.07) is 9.08. The molecule has 0 unspecified atom stereocenters. The van der Waals surface area contributed by atoms with Crippen LogP contribution in [0.1, 0.15) is 25.7 Å². The van der Waals surface area contributed by atoms with Crippen LogP contribution >= 0.6 is 0 Å². The molecule has 21 heavy (non-hydrogen) atoms. The van der Waals surface area contributed by atoms with Gasteiger partial charge in [-0.15, -0.1) is 5.10 Å². The number of nitrogens with one attached hydrogen (secondary N) is 1. The molecular formula is C17H22N4. The van der Waals surface area contributed by atoms with Gasteiger partial charge in [0.25, 0.3) is 0 Å². The van der Waals surface area contributed by atoms with Crippen LogP contribution in [-0.4, -0.2) is 35.9 Å². The Hall–Kier alpha value is -1.68. The molecule has 4 heteroatoms. The summed E-state index contributed by atoms with van der Waals surface area (Å²) in [4.78, 5) is 2.39. The van der Waals surface area contributed by atoms with Gasteiger partial charge in [0, 0.05) is 29.9 Å². The van der Waals surface area contributed by atoms with Crippen LogP contribution in [0, 0.1) is 5.92 Å². The number of piperidine rings is 1. The standard InChI is InChI=1S/C17H22N4/c1-2-4-16-14(3-1)12-19-20-17(16)21-9-7-15(8-10-21)18-11-13-5-6-13/h1-4,12-13,15,18H,5-11H2. The van der Waals surface area contributed by atoms with Crippen LogP contribution in [-0.2, 0) is 0 Å². The lowest BCUT2D eigenvalue weighted by atomic mass is 10.0. The van der Waals surface area contributed by atoms with E-state index in [0.29, 0.717) is 6.04 Å². The summed E-state index contributed by atoms with van der Waals surface area (Å²) in [7, 11) is 0. The first-order chi connectivity index (χ1) is 10.4. The predicted octanol–water partition coefficient (Wildman–Crippen LogP) is 2.60. The Kier molecular flexibility index (Phi) is 3.47. The van der Waals surface area contributed by atoms with Gasteiger partial charge in [-0.2, -0.15) is 5.10 Å². The van der Waals surface area contributed by atoms with Gasteiger partial charge in [0.1, 0.15) is 0 Å². The van der Waals surface area contributed by atoms with Crippen LogP contribution in [0.5, 0.6) is 0 Å². The molecule has 2 fully saturated rings. The van der Waals surface area contributed by atoms with E-state index in [4.69, 9.17) is 0 Å². The van der Waals surface area contributed by atoms with Crippen molar-refractivity contribution < 1.29 is 0 Å². The Morgan fingerprint density at radius 2 is 1.90 bits per heavy atom. The highest BCUT2D eigenvalue weighted by Crippen LogP contribution is 2.29. The molecule has 1 aliphatic carbocycles. The molecule has 0 spiro atoms. The number of hydrogen-bond acceptors (Lipinski definition) is 4. The fraction of sp³-hybridized carbons (Fsp3) is 0.529. The Morgan fingerprint density at radius 1 is 1.10 bits per heavy atom. The Labute approximate surface area is 125 Å². The van der Waals surface area contributed by atoms with Crippen LogP contribution in [0.2, 0.25) is 0 Å². The van der Waals surface area contributed by atoms with Crippen molar-refractivity contribution in [3.63, 3.8) is 0 Å². The molecule has 0 radical (unpaired) electrons. The highest BCUT2D eigenvalue weighted by Gasteiger charge is 2.25. The van der Waals surface area contributed by atoms with E-state index in [1.165, 1.54) is 43.0 Å². The number of aromatic nitrogens is 2. The first kappa shape index (κ1) is 13.0. The SMILES string of the molecule is c1ccc2c(N3CCC(NCC4CC4)CC3)nncc2c1. The van der Waals surface area contributed by atoms with Gasteiger partial charge in [0.2, 0.25) is 0 Å². The molecule has 1 saturated carbocycles. The molecular weight excluding hydrogens is 260 g/mol. The molecule has 2 aromatic rings. The number of fused-ring (bicyclic) bond motifs is 1. The summed E-state index contributed by atoms with van der Waals surface area (Å²) in [6.07, 6.45) is 7.12. The molecule has 1 aliphatic heterocycles. The van der Waals surface area contributed by atoms with E-state index in [-0.39, 0.29) is 0 Å². The third kappa shape index (κ3) is 2.86. The van der Waals surface area contributed by atoms with Crippen molar-refractivity contribution in [1.29, 1.82) is 0 Å². The average Bonchev–Trinajstić information content (AvgIpc) is 3.37. The minimum atomic E-state index is 0.685. The van der Waals surface area contributed by atoms with Crippen LogP contribution in [0.15, 0.2) is 30.5 Å². The number of nitrogens with zero attached hydrogens (tertiary/aromatic N) is 3. The summed E-state index contributed by atoms with van der Waals surface area (Å²) in [6.45, 7) is 3.37. The van der Waals surface area contributed by atoms with Crippen molar-refractivity contribution in [2.45, 2.75) is 31.7 Å². The molecule has 110 valence electrons. The second-order valence-electron chi connectivity index (χ2n) is 6.37. The third-order valence-corrected chi connectivity index (χ3v) is 4.74. The molecule has 1 aromatic carbocycles. The van der Waals surface area contributed by atoms with Gasteiger partial charge in [-0.25, -0.2) is 0 Å². The molecule has 1 N–H and O–H groups in total. The maximum Gasteiger partial charge on any atom is 0.159 e. The smallest absolute Gasteiger partial charge is 0.159 e. The second-order valence-corrected chi connectivity index (χ2v) is 6.37. The van der Waals surface area contributed by atoms with Crippen molar-refractivity contribution in [2.24, 2.45) is 5.92 Å². The summed E-state index contributed by atoms with van der Waals surface area (Å²) in [5.74, 6) is 2.01. The zero-order valence-corrected chi connectivity index (χ0v) is 12.3. The quantitative estimate of drug-likeness (QED) is 0.936. The molecule has 2 aliphatic rings. The monoisotopic (exact) mass is 282 g/mol. The highest BCUT2D eigenvalue weighted by atomic mass is 15.3. The van der Waals surface area contributed by atoms with Crippen LogP contribution in [0.4, 0.5) is 5.82 Å². The lowest BCUT2D eigenvalue weighted by Crippen LogP contribution is -2.43. The second kappa shape index (κ2) is 5.60. The first-order valence-corrected chi connectivity index (χ1v) is 8.09. The lowest BCUT2D eigenvalue weighted by molar-refractivity contribution is 0.407. The van der Waals surface area contributed by atoms with Crippen molar-refractivity contribution in [1.82, 2.24) is 15.5 Å². The van der Waals surface area contributed by atoms with Gasteiger partial charge in [-0.1, -0.05) is 24.3 Å². The summed E-state index contributed by atoms with van der Waals surface area (Å²) >= 11 is 0. The van der Waals surface area contributed by atoms with Crippen LogP contribution in [0.3, 0.4) is 0 Å². The van der Waals surface area contributed by atoms with Gasteiger partial charge in [-0.05, 0) is 38.1 Å². The molecule has 0 atom stereocenters. The maximum atomic E-state index is 4.40. The van der Waals surface area contributed by atoms with E-state index in [9.17, 15) is 0 Å². The van der Waals surface area contributed by atoms with E-state index in [1.54, 1.807) is 0 Å². The highest BCUT2D eigenvalue weighted by molar-refractivity contribution is 5.91. The molecule has 1 saturated heterocycles. The van der Waals surface area contributed by atoms with Gasteiger partial charge < -0.3 is 10.2 Å². The molecule has 0 bridgehead atoms. The number of hydrogen-bond donors (Lipinski definition) is 1. The maximum absolute atomic E-state index is 4.40. The molecule has 4 rings (SSSR count). The fourth-order valence-corrected chi connectivity index (χ4v) is 3.20. The van der Waals surface area contributed by atoms with E-state index < -0.39 is 0 Å².